The summed E-state index contributed by atoms with van der Waals surface area (Å²) in [4.78, 5) is 0.238. The summed E-state index contributed by atoms with van der Waals surface area (Å²) >= 11 is 0. The molecule has 0 aliphatic carbocycles. The van der Waals surface area contributed by atoms with E-state index in [9.17, 15) is 12.8 Å². The van der Waals surface area contributed by atoms with Crippen LogP contribution in [0, 0.1) is 5.82 Å². The molecule has 112 valence electrons. The minimum atomic E-state index is -3.71. The molecular weight excluding hydrogens is 289 g/mol. The summed E-state index contributed by atoms with van der Waals surface area (Å²) in [5.41, 5.74) is 0.772. The Morgan fingerprint density at radius 1 is 0.952 bits per heavy atom. The van der Waals surface area contributed by atoms with Gasteiger partial charge in [-0.15, -0.1) is 0 Å². The maximum absolute atomic E-state index is 12.9. The quantitative estimate of drug-likeness (QED) is 0.934. The Morgan fingerprint density at radius 2 is 1.52 bits per heavy atom. The summed E-state index contributed by atoms with van der Waals surface area (Å²) < 4.78 is 40.5. The Morgan fingerprint density at radius 3 is 2.10 bits per heavy atom. The van der Waals surface area contributed by atoms with Crippen LogP contribution < -0.4 is 4.72 Å². The average Bonchev–Trinajstić information content (AvgIpc) is 2.40. The number of sulfonamides is 1. The number of hydrogen-bond acceptors (Lipinski definition) is 2. The summed E-state index contributed by atoms with van der Waals surface area (Å²) in [6, 6.07) is 12.1. The van der Waals surface area contributed by atoms with Crippen molar-refractivity contribution in [2.24, 2.45) is 0 Å². The molecule has 0 bridgehead atoms. The van der Waals surface area contributed by atoms with Crippen molar-refractivity contribution in [3.8, 4) is 0 Å². The highest BCUT2D eigenvalue weighted by Crippen LogP contribution is 2.29. The maximum Gasteiger partial charge on any atom is 0.262 e. The third-order valence-electron chi connectivity index (χ3n) is 3.08. The van der Waals surface area contributed by atoms with Crippen molar-refractivity contribution >= 4 is 15.7 Å². The van der Waals surface area contributed by atoms with E-state index in [0.29, 0.717) is 5.69 Å². The second kappa shape index (κ2) is 5.48. The number of benzene rings is 2. The summed E-state index contributed by atoms with van der Waals surface area (Å²) in [7, 11) is -3.71. The van der Waals surface area contributed by atoms with Gasteiger partial charge >= 0.3 is 0 Å². The molecule has 0 spiro atoms. The van der Waals surface area contributed by atoms with Crippen LogP contribution in [0.3, 0.4) is 0 Å². The molecule has 0 fully saturated rings. The van der Waals surface area contributed by atoms with Crippen molar-refractivity contribution in [3.63, 3.8) is 0 Å². The second-order valence-electron chi connectivity index (χ2n) is 5.86. The van der Waals surface area contributed by atoms with Crippen molar-refractivity contribution in [1.29, 1.82) is 0 Å². The van der Waals surface area contributed by atoms with Gasteiger partial charge in [0, 0.05) is 5.69 Å². The molecule has 5 heteroatoms. The zero-order valence-electron chi connectivity index (χ0n) is 12.2. The lowest BCUT2D eigenvalue weighted by molar-refractivity contribution is 0.563. The van der Waals surface area contributed by atoms with Gasteiger partial charge in [-0.25, -0.2) is 12.8 Å². The fourth-order valence-electron chi connectivity index (χ4n) is 2.05. The van der Waals surface area contributed by atoms with Crippen molar-refractivity contribution < 1.29 is 12.8 Å². The van der Waals surface area contributed by atoms with E-state index in [-0.39, 0.29) is 10.3 Å². The SMILES string of the molecule is CC(C)(C)c1ccccc1S(=O)(=O)Nc1ccc(F)cc1. The van der Waals surface area contributed by atoms with E-state index in [4.69, 9.17) is 0 Å². The summed E-state index contributed by atoms with van der Waals surface area (Å²) in [6.45, 7) is 5.87. The van der Waals surface area contributed by atoms with Crippen molar-refractivity contribution in [1.82, 2.24) is 0 Å². The Kier molecular flexibility index (Phi) is 4.05. The molecule has 2 rings (SSSR count). The molecule has 2 aromatic rings. The Labute approximate surface area is 124 Å². The molecule has 1 N–H and O–H groups in total. The van der Waals surface area contributed by atoms with E-state index in [1.165, 1.54) is 24.3 Å². The van der Waals surface area contributed by atoms with Gasteiger partial charge in [-0.2, -0.15) is 0 Å². The zero-order valence-corrected chi connectivity index (χ0v) is 13.0. The molecule has 21 heavy (non-hydrogen) atoms. The Bertz CT molecular complexity index is 732. The molecule has 0 atom stereocenters. The predicted molar refractivity (Wildman–Crippen MR) is 82.4 cm³/mol. The summed E-state index contributed by atoms with van der Waals surface area (Å²) in [6.07, 6.45) is 0. The van der Waals surface area contributed by atoms with Gasteiger partial charge in [-0.1, -0.05) is 39.0 Å². The molecule has 0 aliphatic rings. The molecule has 0 aromatic heterocycles. The summed E-state index contributed by atoms with van der Waals surface area (Å²) in [5.74, 6) is -0.409. The van der Waals surface area contributed by atoms with E-state index < -0.39 is 15.8 Å². The molecule has 0 heterocycles. The minimum Gasteiger partial charge on any atom is -0.280 e. The topological polar surface area (TPSA) is 46.2 Å². The Balaban J connectivity index is 2.43. The number of halogens is 1. The maximum atomic E-state index is 12.9. The number of rotatable bonds is 3. The highest BCUT2D eigenvalue weighted by molar-refractivity contribution is 7.92. The van der Waals surface area contributed by atoms with Gasteiger partial charge in [0.1, 0.15) is 5.82 Å². The first-order chi connectivity index (χ1) is 9.70. The van der Waals surface area contributed by atoms with Gasteiger partial charge in [-0.05, 0) is 41.3 Å². The molecule has 0 radical (unpaired) electrons. The van der Waals surface area contributed by atoms with Crippen molar-refractivity contribution in [3.05, 3.63) is 59.9 Å². The lowest BCUT2D eigenvalue weighted by Crippen LogP contribution is -2.20. The summed E-state index contributed by atoms with van der Waals surface area (Å²) in [5, 5.41) is 0. The monoisotopic (exact) mass is 307 g/mol. The molecular formula is C16H18FNO2S. The van der Waals surface area contributed by atoms with Crippen LogP contribution in [-0.2, 0) is 15.4 Å². The van der Waals surface area contributed by atoms with Gasteiger partial charge in [0.05, 0.1) is 4.90 Å². The van der Waals surface area contributed by atoms with Gasteiger partial charge in [0.25, 0.3) is 10.0 Å². The third-order valence-corrected chi connectivity index (χ3v) is 4.52. The van der Waals surface area contributed by atoms with Crippen molar-refractivity contribution in [2.45, 2.75) is 31.1 Å². The standard InChI is InChI=1S/C16H18FNO2S/c1-16(2,3)14-6-4-5-7-15(14)21(19,20)18-13-10-8-12(17)9-11-13/h4-11,18H,1-3H3. The van der Waals surface area contributed by atoms with Gasteiger partial charge in [0.2, 0.25) is 0 Å². The zero-order chi connectivity index (χ0) is 15.7. The first kappa shape index (κ1) is 15.5. The molecule has 0 saturated heterocycles. The highest BCUT2D eigenvalue weighted by atomic mass is 32.2. The van der Waals surface area contributed by atoms with Gasteiger partial charge < -0.3 is 0 Å². The highest BCUT2D eigenvalue weighted by Gasteiger charge is 2.25. The normalized spacial score (nSPS) is 12.2. The lowest BCUT2D eigenvalue weighted by Gasteiger charge is -2.22. The van der Waals surface area contributed by atoms with Gasteiger partial charge in [-0.3, -0.25) is 4.72 Å². The molecule has 2 aromatic carbocycles. The van der Waals surface area contributed by atoms with E-state index in [0.717, 1.165) is 5.56 Å². The lowest BCUT2D eigenvalue weighted by atomic mass is 9.87. The fourth-order valence-corrected chi connectivity index (χ4v) is 3.53. The van der Waals surface area contributed by atoms with E-state index >= 15 is 0 Å². The molecule has 0 unspecified atom stereocenters. The van der Waals surface area contributed by atoms with Crippen LogP contribution in [0.5, 0.6) is 0 Å². The van der Waals surface area contributed by atoms with E-state index in [1.807, 2.05) is 26.8 Å². The first-order valence-corrected chi connectivity index (χ1v) is 8.06. The van der Waals surface area contributed by atoms with Crippen LogP contribution in [0.25, 0.3) is 0 Å². The number of hydrogen-bond donors (Lipinski definition) is 1. The van der Waals surface area contributed by atoms with Crippen molar-refractivity contribution in [2.75, 3.05) is 4.72 Å². The fraction of sp³-hybridized carbons (Fsp3) is 0.250. The van der Waals surface area contributed by atoms with Gasteiger partial charge in [0.15, 0.2) is 0 Å². The molecule has 3 nitrogen and oxygen atoms in total. The predicted octanol–water partition coefficient (Wildman–Crippen LogP) is 3.92. The van der Waals surface area contributed by atoms with Crippen LogP contribution in [0.15, 0.2) is 53.4 Å². The van der Waals surface area contributed by atoms with Crippen LogP contribution in [0.1, 0.15) is 26.3 Å². The second-order valence-corrected chi connectivity index (χ2v) is 7.51. The number of nitrogens with one attached hydrogen (secondary N) is 1. The van der Waals surface area contributed by atoms with Crippen LogP contribution in [0.2, 0.25) is 0 Å². The first-order valence-electron chi connectivity index (χ1n) is 6.58. The third kappa shape index (κ3) is 3.61. The average molecular weight is 307 g/mol. The van der Waals surface area contributed by atoms with E-state index in [2.05, 4.69) is 4.72 Å². The smallest absolute Gasteiger partial charge is 0.262 e. The molecule has 0 amide bonds. The molecule has 0 saturated carbocycles. The number of anilines is 1. The van der Waals surface area contributed by atoms with Crippen LogP contribution in [0.4, 0.5) is 10.1 Å². The largest absolute Gasteiger partial charge is 0.280 e. The Hall–Kier alpha value is -1.88. The molecule has 0 aliphatic heterocycles. The van der Waals surface area contributed by atoms with Crippen LogP contribution in [-0.4, -0.2) is 8.42 Å². The van der Waals surface area contributed by atoms with E-state index in [1.54, 1.807) is 18.2 Å². The van der Waals surface area contributed by atoms with Crippen LogP contribution >= 0.6 is 0 Å². The minimum absolute atomic E-state index is 0.238.